The van der Waals surface area contributed by atoms with Crippen LogP contribution in [0.4, 0.5) is 0 Å². The number of aromatic hydroxyl groups is 2. The molecule has 6 N–H and O–H groups in total. The number of benzene rings is 4. The van der Waals surface area contributed by atoms with Crippen LogP contribution in [-0.4, -0.2) is 71.8 Å². The minimum Gasteiger partial charge on any atom is -0.506 e. The molecule has 0 saturated heterocycles. The number of carbonyl (C=O) groups excluding carboxylic acids is 2. The Labute approximate surface area is 422 Å². The van der Waals surface area contributed by atoms with E-state index in [4.69, 9.17) is 9.47 Å². The number of hydrogen-bond donors (Lipinski definition) is 6. The number of amides is 2. The molecule has 0 saturated carbocycles. The second kappa shape index (κ2) is 23.5. The molecule has 0 spiro atoms. The van der Waals surface area contributed by atoms with E-state index in [1.165, 1.54) is 47.0 Å². The van der Waals surface area contributed by atoms with Gasteiger partial charge in [0, 0.05) is 26.3 Å². The first-order valence-electron chi connectivity index (χ1n) is 23.6. The van der Waals surface area contributed by atoms with Crippen LogP contribution in [0.3, 0.4) is 0 Å². The molecule has 372 valence electrons. The topological polar surface area (TPSA) is 158 Å². The summed E-state index contributed by atoms with van der Waals surface area (Å²) in [5, 5.41) is 49.4. The molecule has 10 nitrogen and oxygen atoms in total. The third-order valence-electron chi connectivity index (χ3n) is 11.5. The SMILES string of the molecule is CC(C)(C)c1cc2c(O)c(c1)Sc1cc(C(C)(C)C)cc(c1OCC(=O)NCCCCCO)Sc1cc(C(C)(C)C)cc(c1O)Sc1cc(C(C)(C)C)cc(c1OCC(=O)NCCCCCO)S2. The maximum atomic E-state index is 13.4. The van der Waals surface area contributed by atoms with Gasteiger partial charge in [-0.2, -0.15) is 0 Å². The Hall–Kier alpha value is -3.66. The number of unbranched alkanes of at least 4 members (excludes halogenated alkanes) is 4. The second-order valence-corrected chi connectivity index (χ2v) is 25.8. The summed E-state index contributed by atoms with van der Waals surface area (Å²) >= 11 is 5.49. The predicted molar refractivity (Wildman–Crippen MR) is 279 cm³/mol. The third kappa shape index (κ3) is 15.2. The van der Waals surface area contributed by atoms with Gasteiger partial charge in [-0.1, -0.05) is 130 Å². The predicted octanol–water partition coefficient (Wildman–Crippen LogP) is 12.5. The van der Waals surface area contributed by atoms with Crippen LogP contribution in [0.15, 0.2) is 87.7 Å². The Bertz CT molecular complexity index is 2150. The zero-order valence-corrected chi connectivity index (χ0v) is 45.4. The molecular formula is C54H74N2O8S4. The van der Waals surface area contributed by atoms with Crippen LogP contribution in [0, 0.1) is 0 Å². The van der Waals surface area contributed by atoms with Crippen LogP contribution in [0.5, 0.6) is 23.0 Å². The fourth-order valence-corrected chi connectivity index (χ4v) is 11.6. The first-order chi connectivity index (χ1) is 31.8. The summed E-state index contributed by atoms with van der Waals surface area (Å²) < 4.78 is 13.2. The molecule has 1 heterocycles. The monoisotopic (exact) mass is 1010 g/mol. The highest BCUT2D eigenvalue weighted by atomic mass is 32.2. The molecule has 5 rings (SSSR count). The lowest BCUT2D eigenvalue weighted by molar-refractivity contribution is -0.123. The molecule has 0 radical (unpaired) electrons. The summed E-state index contributed by atoms with van der Waals surface area (Å²) in [6, 6.07) is 16.4. The zero-order chi connectivity index (χ0) is 50.2. The van der Waals surface area contributed by atoms with Crippen molar-refractivity contribution in [1.82, 2.24) is 10.6 Å². The van der Waals surface area contributed by atoms with E-state index in [0.29, 0.717) is 76.6 Å². The first-order valence-corrected chi connectivity index (χ1v) is 26.9. The van der Waals surface area contributed by atoms with Crippen molar-refractivity contribution in [3.05, 3.63) is 70.8 Å². The number of aliphatic hydroxyl groups excluding tert-OH is 2. The van der Waals surface area contributed by atoms with Crippen LogP contribution >= 0.6 is 47.0 Å². The summed E-state index contributed by atoms with van der Waals surface area (Å²) in [4.78, 5) is 31.9. The van der Waals surface area contributed by atoms with E-state index in [1.54, 1.807) is 0 Å². The van der Waals surface area contributed by atoms with Gasteiger partial charge in [-0.25, -0.2) is 0 Å². The van der Waals surface area contributed by atoms with Crippen LogP contribution in [0.25, 0.3) is 0 Å². The standard InChI is InChI=1S/C54H74N2O8S4/c1-51(2,3)33-23-37-47(61)38(24-33)66-42-28-36(54(10,11)12)30-44(50(42)64-32-46(60)56-20-16-14-18-22-58)68-40-26-34(52(4,5)6)25-39(48(40)62)67-43-29-35(53(7,8)9)27-41(65-37)49(43)63-31-45(59)55-19-15-13-17-21-57/h23-30,57-58,61-62H,13-22,31-32H2,1-12H3,(H,55,59)(H,56,60). The van der Waals surface area contributed by atoms with Gasteiger partial charge in [0.25, 0.3) is 11.8 Å². The summed E-state index contributed by atoms with van der Waals surface area (Å²) in [7, 11) is 0. The maximum Gasteiger partial charge on any atom is 0.257 e. The first kappa shape index (κ1) is 55.3. The zero-order valence-electron chi connectivity index (χ0n) is 42.2. The van der Waals surface area contributed by atoms with Crippen molar-refractivity contribution in [2.45, 2.75) is 182 Å². The molecule has 2 amide bonds. The van der Waals surface area contributed by atoms with E-state index in [-0.39, 0.29) is 71.4 Å². The average molecular weight is 1010 g/mol. The molecule has 4 aromatic rings. The summed E-state index contributed by atoms with van der Waals surface area (Å²) in [5.41, 5.74) is 2.72. The molecule has 0 unspecified atom stereocenters. The third-order valence-corrected chi connectivity index (χ3v) is 15.7. The molecule has 4 aromatic carbocycles. The van der Waals surface area contributed by atoms with Gasteiger partial charge in [0.05, 0.1) is 39.2 Å². The van der Waals surface area contributed by atoms with Crippen molar-refractivity contribution < 1.29 is 39.5 Å². The van der Waals surface area contributed by atoms with Gasteiger partial charge in [0.15, 0.2) is 13.2 Å². The van der Waals surface area contributed by atoms with Gasteiger partial charge in [-0.05, 0) is 131 Å². The van der Waals surface area contributed by atoms with E-state index >= 15 is 0 Å². The number of hydrogen-bond acceptors (Lipinski definition) is 12. The van der Waals surface area contributed by atoms with Crippen molar-refractivity contribution >= 4 is 58.9 Å². The van der Waals surface area contributed by atoms with Gasteiger partial charge in [0.1, 0.15) is 23.0 Å². The summed E-state index contributed by atoms with van der Waals surface area (Å²) in [6.45, 7) is 26.3. The molecule has 0 aromatic heterocycles. The molecular weight excluding hydrogens is 933 g/mol. The lowest BCUT2D eigenvalue weighted by Gasteiger charge is -2.27. The Morgan fingerprint density at radius 2 is 0.676 bits per heavy atom. The molecule has 0 aliphatic carbocycles. The lowest BCUT2D eigenvalue weighted by atomic mass is 9.87. The minimum atomic E-state index is -0.324. The normalized spacial score (nSPS) is 13.3. The molecule has 0 fully saturated rings. The van der Waals surface area contributed by atoms with Crippen LogP contribution < -0.4 is 20.1 Å². The van der Waals surface area contributed by atoms with Crippen molar-refractivity contribution in [3.8, 4) is 23.0 Å². The Balaban J connectivity index is 1.80. The Morgan fingerprint density at radius 1 is 0.426 bits per heavy atom. The van der Waals surface area contributed by atoms with Crippen LogP contribution in [0.1, 0.15) is 144 Å². The van der Waals surface area contributed by atoms with E-state index in [9.17, 15) is 30.0 Å². The maximum absolute atomic E-state index is 13.4. The number of phenols is 2. The van der Waals surface area contributed by atoms with Gasteiger partial charge in [-0.15, -0.1) is 0 Å². The summed E-state index contributed by atoms with van der Waals surface area (Å²) in [5.74, 6) is 0.507. The van der Waals surface area contributed by atoms with Crippen LogP contribution in [-0.2, 0) is 31.2 Å². The molecule has 0 atom stereocenters. The Morgan fingerprint density at radius 3 is 0.912 bits per heavy atom. The van der Waals surface area contributed by atoms with Gasteiger partial charge >= 0.3 is 0 Å². The number of nitrogens with one attached hydrogen (secondary N) is 2. The number of phenolic OH excluding ortho intramolecular Hbond substituents is 2. The quantitative estimate of drug-likeness (QED) is 0.0521. The minimum absolute atomic E-state index is 0.0710. The molecule has 14 heteroatoms. The van der Waals surface area contributed by atoms with E-state index in [2.05, 4.69) is 118 Å². The number of aliphatic hydroxyl groups is 2. The molecule has 1 aliphatic heterocycles. The average Bonchev–Trinajstić information content (AvgIpc) is 3.23. The molecule has 68 heavy (non-hydrogen) atoms. The number of fused-ring (bicyclic) bond motifs is 8. The van der Waals surface area contributed by atoms with Gasteiger partial charge in [0.2, 0.25) is 0 Å². The number of carbonyl (C=O) groups is 2. The molecule has 8 bridgehead atoms. The highest BCUT2D eigenvalue weighted by Gasteiger charge is 2.30. The number of ether oxygens (including phenoxy) is 2. The van der Waals surface area contributed by atoms with Crippen molar-refractivity contribution in [2.75, 3.05) is 39.5 Å². The fourth-order valence-electron chi connectivity index (χ4n) is 7.08. The highest BCUT2D eigenvalue weighted by molar-refractivity contribution is 8.01. The van der Waals surface area contributed by atoms with Crippen molar-refractivity contribution in [1.29, 1.82) is 0 Å². The lowest BCUT2D eigenvalue weighted by Crippen LogP contribution is -2.30. The highest BCUT2D eigenvalue weighted by Crippen LogP contribution is 2.56. The largest absolute Gasteiger partial charge is 0.506 e. The van der Waals surface area contributed by atoms with Gasteiger partial charge in [-0.3, -0.25) is 9.59 Å². The molecule has 1 aliphatic rings. The van der Waals surface area contributed by atoms with Crippen molar-refractivity contribution in [2.24, 2.45) is 0 Å². The Kier molecular flexibility index (Phi) is 19.1. The fraction of sp³-hybridized carbons (Fsp3) is 0.519. The van der Waals surface area contributed by atoms with Crippen molar-refractivity contribution in [3.63, 3.8) is 0 Å². The van der Waals surface area contributed by atoms with E-state index in [1.807, 2.05) is 24.3 Å². The summed E-state index contributed by atoms with van der Waals surface area (Å²) in [6.07, 6.45) is 4.41. The number of rotatable bonds is 16. The van der Waals surface area contributed by atoms with E-state index in [0.717, 1.165) is 47.9 Å². The second-order valence-electron chi connectivity index (χ2n) is 21.5. The van der Waals surface area contributed by atoms with Crippen LogP contribution in [0.2, 0.25) is 0 Å². The van der Waals surface area contributed by atoms with E-state index < -0.39 is 0 Å². The smallest absolute Gasteiger partial charge is 0.257 e. The van der Waals surface area contributed by atoms with Gasteiger partial charge < -0.3 is 40.5 Å².